The normalized spacial score (nSPS) is 15.4. The first-order chi connectivity index (χ1) is 29.8. The molecule has 0 fully saturated rings. The second-order valence-electron chi connectivity index (χ2n) is 16.5. The molecule has 0 bridgehead atoms. The van der Waals surface area contributed by atoms with Crippen LogP contribution in [-0.2, 0) is 32.7 Å². The van der Waals surface area contributed by atoms with Crippen molar-refractivity contribution in [3.05, 3.63) is 97.2 Å². The summed E-state index contributed by atoms with van der Waals surface area (Å²) in [5, 5.41) is 20.4. The van der Waals surface area contributed by atoms with Crippen LogP contribution in [0.2, 0.25) is 0 Å². The molecule has 62 heavy (non-hydrogen) atoms. The number of ether oxygens (including phenoxy) is 2. The number of unbranched alkanes of at least 4 members (excludes halogenated alkanes) is 9. The maximum Gasteiger partial charge on any atom is 0.306 e. The van der Waals surface area contributed by atoms with Crippen LogP contribution in [0.1, 0.15) is 142 Å². The molecule has 0 spiro atoms. The zero-order valence-electron chi connectivity index (χ0n) is 39.0. The van der Waals surface area contributed by atoms with E-state index in [1.165, 1.54) is 38.5 Å². The van der Waals surface area contributed by atoms with E-state index in [4.69, 9.17) is 18.5 Å². The Morgan fingerprint density at radius 2 is 1.13 bits per heavy atom. The van der Waals surface area contributed by atoms with Gasteiger partial charge in [0.05, 0.1) is 40.0 Å². The largest absolute Gasteiger partial charge is 0.756 e. The summed E-state index contributed by atoms with van der Waals surface area (Å²) in [5.74, 6) is -1.12. The number of esters is 2. The van der Waals surface area contributed by atoms with Gasteiger partial charge in [0.1, 0.15) is 19.8 Å². The number of allylic oxidation sites excluding steroid dienone is 13. The van der Waals surface area contributed by atoms with Gasteiger partial charge in [0.25, 0.3) is 7.82 Å². The van der Waals surface area contributed by atoms with Crippen molar-refractivity contribution in [2.45, 2.75) is 161 Å². The Morgan fingerprint density at radius 3 is 1.69 bits per heavy atom. The number of aliphatic hydroxyl groups is 2. The van der Waals surface area contributed by atoms with Crippen molar-refractivity contribution in [3.63, 3.8) is 0 Å². The van der Waals surface area contributed by atoms with Crippen molar-refractivity contribution in [1.29, 1.82) is 0 Å². The van der Waals surface area contributed by atoms with E-state index < -0.39 is 44.7 Å². The fourth-order valence-electron chi connectivity index (χ4n) is 5.54. The Kier molecular flexibility index (Phi) is 38.5. The van der Waals surface area contributed by atoms with Gasteiger partial charge in [0, 0.05) is 12.8 Å². The smallest absolute Gasteiger partial charge is 0.306 e. The molecule has 0 amide bonds. The van der Waals surface area contributed by atoms with Gasteiger partial charge >= 0.3 is 11.9 Å². The van der Waals surface area contributed by atoms with Crippen molar-refractivity contribution in [2.75, 3.05) is 47.5 Å². The maximum atomic E-state index is 12.7. The summed E-state index contributed by atoms with van der Waals surface area (Å²) < 4.78 is 33.7. The average molecular weight is 890 g/mol. The highest BCUT2D eigenvalue weighted by molar-refractivity contribution is 7.45. The lowest BCUT2D eigenvalue weighted by Gasteiger charge is -2.28. The Labute approximate surface area is 376 Å². The van der Waals surface area contributed by atoms with Crippen molar-refractivity contribution in [2.24, 2.45) is 0 Å². The molecule has 2 N–H and O–H groups in total. The summed E-state index contributed by atoms with van der Waals surface area (Å²) in [6.45, 7) is 3.78. The highest BCUT2D eigenvalue weighted by Gasteiger charge is 2.22. The molecule has 0 rings (SSSR count). The summed E-state index contributed by atoms with van der Waals surface area (Å²) in [7, 11) is 0.973. The minimum absolute atomic E-state index is 0.0483. The van der Waals surface area contributed by atoms with E-state index in [0.29, 0.717) is 30.3 Å². The maximum absolute atomic E-state index is 12.7. The van der Waals surface area contributed by atoms with Crippen LogP contribution in [0.15, 0.2) is 97.2 Å². The van der Waals surface area contributed by atoms with E-state index in [1.807, 2.05) is 27.2 Å². The lowest BCUT2D eigenvalue weighted by atomic mass is 10.1. The summed E-state index contributed by atoms with van der Waals surface area (Å²) in [6.07, 6.45) is 46.3. The molecular weight excluding hydrogens is 806 g/mol. The highest BCUT2D eigenvalue weighted by Crippen LogP contribution is 2.38. The predicted molar refractivity (Wildman–Crippen MR) is 252 cm³/mol. The number of hydrogen-bond acceptors (Lipinski definition) is 10. The first-order valence-corrected chi connectivity index (χ1v) is 24.6. The van der Waals surface area contributed by atoms with E-state index in [0.717, 1.165) is 51.4 Å². The van der Waals surface area contributed by atoms with Crippen molar-refractivity contribution in [3.8, 4) is 0 Å². The van der Waals surface area contributed by atoms with Gasteiger partial charge in [0.15, 0.2) is 6.10 Å². The van der Waals surface area contributed by atoms with Gasteiger partial charge in [-0.3, -0.25) is 14.2 Å². The molecule has 0 aromatic rings. The van der Waals surface area contributed by atoms with Crippen LogP contribution < -0.4 is 4.89 Å². The third kappa shape index (κ3) is 43.5. The SMILES string of the molecule is CCCCC/C=C\C/C=C\C/C=C\C/C=C\CCCCCC(=O)OC[C@H](COP(=O)([O-])OCC[N+](C)(C)C)OC(=O)CCC[C@@H](O)\C=C/C=C/C=C/[C@@H](O)C/C=C\CCCCC. The van der Waals surface area contributed by atoms with E-state index in [1.54, 1.807) is 36.5 Å². The average Bonchev–Trinajstić information content (AvgIpc) is 3.21. The fraction of sp³-hybridized carbons (Fsp3) is 0.640. The molecule has 11 nitrogen and oxygen atoms in total. The Morgan fingerprint density at radius 1 is 0.613 bits per heavy atom. The van der Waals surface area contributed by atoms with E-state index in [9.17, 15) is 29.3 Å². The highest BCUT2D eigenvalue weighted by atomic mass is 31.2. The van der Waals surface area contributed by atoms with Gasteiger partial charge < -0.3 is 38.1 Å². The minimum Gasteiger partial charge on any atom is -0.756 e. The van der Waals surface area contributed by atoms with Crippen LogP contribution in [0.3, 0.4) is 0 Å². The van der Waals surface area contributed by atoms with Crippen LogP contribution in [-0.4, -0.2) is 92.5 Å². The van der Waals surface area contributed by atoms with Gasteiger partial charge in [-0.15, -0.1) is 0 Å². The van der Waals surface area contributed by atoms with Crippen molar-refractivity contribution in [1.82, 2.24) is 0 Å². The molecule has 0 radical (unpaired) electrons. The number of nitrogens with zero attached hydrogens (tertiary/aromatic N) is 1. The van der Waals surface area contributed by atoms with Crippen molar-refractivity contribution < 1.29 is 52.3 Å². The molecule has 0 aliphatic rings. The lowest BCUT2D eigenvalue weighted by molar-refractivity contribution is -0.870. The predicted octanol–water partition coefficient (Wildman–Crippen LogP) is 10.7. The lowest BCUT2D eigenvalue weighted by Crippen LogP contribution is -2.37. The van der Waals surface area contributed by atoms with E-state index in [2.05, 4.69) is 68.5 Å². The Balaban J connectivity index is 4.67. The van der Waals surface area contributed by atoms with Gasteiger partial charge in [-0.2, -0.15) is 0 Å². The number of carbonyl (C=O) groups is 2. The molecule has 0 saturated carbocycles. The number of rotatable bonds is 40. The Hall–Kier alpha value is -3.15. The number of quaternary nitrogens is 1. The molecule has 0 aromatic heterocycles. The van der Waals surface area contributed by atoms with Crippen LogP contribution in [0.5, 0.6) is 0 Å². The molecule has 12 heteroatoms. The zero-order valence-corrected chi connectivity index (χ0v) is 39.9. The fourth-order valence-corrected chi connectivity index (χ4v) is 6.26. The first-order valence-electron chi connectivity index (χ1n) is 23.2. The third-order valence-electron chi connectivity index (χ3n) is 9.27. The molecule has 354 valence electrons. The minimum atomic E-state index is -4.71. The Bertz CT molecular complexity index is 1410. The second-order valence-corrected chi connectivity index (χ2v) is 17.9. The van der Waals surface area contributed by atoms with Gasteiger partial charge in [-0.05, 0) is 83.5 Å². The topological polar surface area (TPSA) is 152 Å². The summed E-state index contributed by atoms with van der Waals surface area (Å²) in [6, 6.07) is 0. The zero-order chi connectivity index (χ0) is 46.0. The molecule has 0 aliphatic carbocycles. The number of phosphoric ester groups is 1. The number of likely N-dealkylation sites (N-methyl/N-ethyl adjacent to an activating group) is 1. The van der Waals surface area contributed by atoms with Crippen molar-refractivity contribution >= 4 is 19.8 Å². The standard InChI is InChI=1S/C50H84NO10P/c1-6-8-10-12-14-15-16-17-18-19-20-21-22-23-24-25-26-28-34-40-49(54)58-44-48(45-60-62(56,57)59-43-42-51(3,4)5)61-50(55)41-35-39-47(53)38-33-30-29-32-37-46(52)36-31-27-13-11-9-7-2/h14-15,17-18,20-21,23-24,27,29-33,37-38,46-48,52-53H,6-13,16,19,22,25-26,28,34-36,39-45H2,1-5H3/b15-14-,18-17-,21-20-,24-23-,30-29+,31-27-,37-32+,38-33-/t46-,47-,48+/m0/s1. The molecular formula is C50H84NO10P. The summed E-state index contributed by atoms with van der Waals surface area (Å²) >= 11 is 0. The van der Waals surface area contributed by atoms with Gasteiger partial charge in [0.2, 0.25) is 0 Å². The molecule has 0 heterocycles. The first kappa shape index (κ1) is 58.9. The summed E-state index contributed by atoms with van der Waals surface area (Å²) in [4.78, 5) is 37.6. The second kappa shape index (κ2) is 40.6. The molecule has 0 aromatic carbocycles. The van der Waals surface area contributed by atoms with E-state index in [-0.39, 0.29) is 32.5 Å². The molecule has 0 saturated heterocycles. The number of aliphatic hydroxyl groups excluding tert-OH is 2. The summed E-state index contributed by atoms with van der Waals surface area (Å²) in [5.41, 5.74) is 0. The van der Waals surface area contributed by atoms with Crippen LogP contribution in [0, 0.1) is 0 Å². The van der Waals surface area contributed by atoms with Crippen LogP contribution in [0.4, 0.5) is 0 Å². The van der Waals surface area contributed by atoms with Gasteiger partial charge in [-0.25, -0.2) is 0 Å². The molecule has 4 atom stereocenters. The monoisotopic (exact) mass is 890 g/mol. The molecule has 0 aliphatic heterocycles. The third-order valence-corrected chi connectivity index (χ3v) is 10.2. The number of phosphoric acid groups is 1. The van der Waals surface area contributed by atoms with Crippen LogP contribution in [0.25, 0.3) is 0 Å². The quantitative estimate of drug-likeness (QED) is 0.0152. The number of hydrogen-bond donors (Lipinski definition) is 2. The van der Waals surface area contributed by atoms with E-state index >= 15 is 0 Å². The number of carbonyl (C=O) groups excluding carboxylic acids is 2. The van der Waals surface area contributed by atoms with Gasteiger partial charge in [-0.1, -0.05) is 143 Å². The van der Waals surface area contributed by atoms with Crippen LogP contribution >= 0.6 is 7.82 Å². The molecule has 1 unspecified atom stereocenters.